The quantitative estimate of drug-likeness (QED) is 0.0272. The van der Waals surface area contributed by atoms with E-state index < -0.39 is 20.0 Å². The minimum Gasteiger partial charge on any atom is -0.387 e. The Labute approximate surface area is 284 Å². The number of allylic oxidation sites excluding steroid dienone is 1. The summed E-state index contributed by atoms with van der Waals surface area (Å²) in [6.07, 6.45) is 34.9. The molecule has 0 aliphatic rings. The predicted molar refractivity (Wildman–Crippen MR) is 194 cm³/mol. The third kappa shape index (κ3) is 33.2. The first kappa shape index (κ1) is 45.2. The summed E-state index contributed by atoms with van der Waals surface area (Å²) >= 11 is 0. The molecule has 274 valence electrons. The second kappa shape index (κ2) is 30.3. The van der Waals surface area contributed by atoms with Gasteiger partial charge in [0.1, 0.15) is 13.2 Å². The van der Waals surface area contributed by atoms with E-state index in [0.717, 1.165) is 19.3 Å². The van der Waals surface area contributed by atoms with E-state index in [1.807, 2.05) is 27.2 Å². The van der Waals surface area contributed by atoms with E-state index in [9.17, 15) is 19.4 Å². The van der Waals surface area contributed by atoms with Crippen LogP contribution in [0.5, 0.6) is 0 Å². The average Bonchev–Trinajstić information content (AvgIpc) is 2.98. The van der Waals surface area contributed by atoms with Gasteiger partial charge in [0, 0.05) is 6.92 Å². The fourth-order valence-corrected chi connectivity index (χ4v) is 6.28. The smallest absolute Gasteiger partial charge is 0.387 e. The topological polar surface area (TPSA) is 105 Å². The molecule has 0 saturated carbocycles. The van der Waals surface area contributed by atoms with Gasteiger partial charge in [-0.1, -0.05) is 160 Å². The van der Waals surface area contributed by atoms with E-state index in [-0.39, 0.29) is 19.1 Å². The molecular formula is C37H76N2O6P+. The minimum atomic E-state index is -4.28. The lowest BCUT2D eigenvalue weighted by atomic mass is 10.0. The van der Waals surface area contributed by atoms with Gasteiger partial charge in [0.2, 0.25) is 5.91 Å². The zero-order valence-corrected chi connectivity index (χ0v) is 31.7. The van der Waals surface area contributed by atoms with Crippen molar-refractivity contribution in [2.24, 2.45) is 0 Å². The molecule has 0 aromatic rings. The number of nitrogens with zero attached hydrogens (tertiary/aromatic N) is 1. The van der Waals surface area contributed by atoms with E-state index in [1.165, 1.54) is 142 Å². The highest BCUT2D eigenvalue weighted by molar-refractivity contribution is 7.47. The molecule has 0 radical (unpaired) electrons. The highest BCUT2D eigenvalue weighted by atomic mass is 31.2. The van der Waals surface area contributed by atoms with Crippen LogP contribution in [0.1, 0.15) is 168 Å². The fourth-order valence-electron chi connectivity index (χ4n) is 5.55. The van der Waals surface area contributed by atoms with Crippen LogP contribution < -0.4 is 5.32 Å². The van der Waals surface area contributed by atoms with Crippen LogP contribution in [0.2, 0.25) is 0 Å². The second-order valence-electron chi connectivity index (χ2n) is 14.4. The average molecular weight is 676 g/mol. The lowest BCUT2D eigenvalue weighted by molar-refractivity contribution is -0.870. The largest absolute Gasteiger partial charge is 0.472 e. The molecule has 1 amide bonds. The number of hydrogen-bond acceptors (Lipinski definition) is 5. The maximum absolute atomic E-state index is 12.2. The highest BCUT2D eigenvalue weighted by Crippen LogP contribution is 2.43. The molecule has 0 fully saturated rings. The summed E-state index contributed by atoms with van der Waals surface area (Å²) in [4.78, 5) is 21.5. The lowest BCUT2D eigenvalue weighted by Gasteiger charge is -2.25. The van der Waals surface area contributed by atoms with Gasteiger partial charge in [0.25, 0.3) is 0 Å². The number of carbonyl (C=O) groups excluding carboxylic acids is 1. The van der Waals surface area contributed by atoms with Gasteiger partial charge in [-0.3, -0.25) is 13.8 Å². The summed E-state index contributed by atoms with van der Waals surface area (Å²) < 4.78 is 22.8. The van der Waals surface area contributed by atoms with E-state index in [4.69, 9.17) is 9.05 Å². The van der Waals surface area contributed by atoms with E-state index in [2.05, 4.69) is 12.2 Å². The summed E-state index contributed by atoms with van der Waals surface area (Å²) in [7, 11) is 1.57. The maximum Gasteiger partial charge on any atom is 0.472 e. The molecular weight excluding hydrogens is 599 g/mol. The lowest BCUT2D eigenvalue weighted by Crippen LogP contribution is -2.44. The number of aliphatic hydroxyl groups excluding tert-OH is 1. The van der Waals surface area contributed by atoms with Crippen molar-refractivity contribution in [3.05, 3.63) is 12.2 Å². The third-order valence-corrected chi connectivity index (χ3v) is 9.53. The summed E-state index contributed by atoms with van der Waals surface area (Å²) in [5.41, 5.74) is 0. The molecule has 46 heavy (non-hydrogen) atoms. The van der Waals surface area contributed by atoms with Gasteiger partial charge in [0.05, 0.1) is 39.9 Å². The Kier molecular flexibility index (Phi) is 29.8. The SMILES string of the molecule is CCCCCCCCCCCCCCCCCCCCCCCCC/C=C/C(O)C(COP(=O)(O)OCC[N+](C)(C)C)NC(C)=O. The molecule has 0 spiro atoms. The minimum absolute atomic E-state index is 0.0596. The second-order valence-corrected chi connectivity index (χ2v) is 15.9. The standard InChI is InChI=1S/C37H75N2O6P/c1-6-7-8-9-10-11-12-13-14-15-16-17-18-19-20-21-22-23-24-25-26-27-28-29-30-31-37(41)36(38-35(2)40)34-45-46(42,43)44-33-32-39(3,4)5/h30-31,36-37,41H,6-29,32-34H2,1-5H3,(H-,38,40,42,43)/p+1/b31-30+. The molecule has 0 aromatic heterocycles. The Morgan fingerprint density at radius 3 is 1.48 bits per heavy atom. The van der Waals surface area contributed by atoms with Crippen molar-refractivity contribution in [2.75, 3.05) is 40.9 Å². The fraction of sp³-hybridized carbons (Fsp3) is 0.919. The van der Waals surface area contributed by atoms with Crippen LogP contribution in [0.3, 0.4) is 0 Å². The van der Waals surface area contributed by atoms with E-state index in [0.29, 0.717) is 11.0 Å². The number of aliphatic hydroxyl groups is 1. The molecule has 0 aromatic carbocycles. The summed E-state index contributed by atoms with van der Waals surface area (Å²) in [6, 6.07) is -0.842. The summed E-state index contributed by atoms with van der Waals surface area (Å²) in [5, 5.41) is 13.1. The number of phosphoric acid groups is 1. The monoisotopic (exact) mass is 676 g/mol. The molecule has 3 N–H and O–H groups in total. The Balaban J connectivity index is 3.70. The molecule has 3 unspecified atom stereocenters. The molecule has 0 heterocycles. The summed E-state index contributed by atoms with van der Waals surface area (Å²) in [5.74, 6) is -0.352. The Hall–Kier alpha value is -0.760. The first-order valence-electron chi connectivity index (χ1n) is 19.0. The number of quaternary nitrogens is 1. The Morgan fingerprint density at radius 1 is 0.717 bits per heavy atom. The van der Waals surface area contributed by atoms with Gasteiger partial charge < -0.3 is 19.8 Å². The highest BCUT2D eigenvalue weighted by Gasteiger charge is 2.27. The van der Waals surface area contributed by atoms with Crippen molar-refractivity contribution in [1.82, 2.24) is 5.32 Å². The molecule has 0 bridgehead atoms. The number of nitrogens with one attached hydrogen (secondary N) is 1. The Morgan fingerprint density at radius 2 is 1.11 bits per heavy atom. The van der Waals surface area contributed by atoms with Crippen LogP contribution in [0.15, 0.2) is 12.2 Å². The predicted octanol–water partition coefficient (Wildman–Crippen LogP) is 9.63. The normalized spacial score (nSPS) is 14.8. The van der Waals surface area contributed by atoms with Crippen LogP contribution in [0.25, 0.3) is 0 Å². The number of carbonyl (C=O) groups is 1. The van der Waals surface area contributed by atoms with Crippen molar-refractivity contribution in [1.29, 1.82) is 0 Å². The van der Waals surface area contributed by atoms with Gasteiger partial charge in [-0.25, -0.2) is 4.57 Å². The van der Waals surface area contributed by atoms with Gasteiger partial charge in [0.15, 0.2) is 0 Å². The van der Waals surface area contributed by atoms with Gasteiger partial charge >= 0.3 is 7.82 Å². The van der Waals surface area contributed by atoms with Crippen LogP contribution in [0.4, 0.5) is 0 Å². The van der Waals surface area contributed by atoms with E-state index in [1.54, 1.807) is 6.08 Å². The molecule has 0 aliphatic heterocycles. The van der Waals surface area contributed by atoms with Crippen molar-refractivity contribution in [3.8, 4) is 0 Å². The zero-order chi connectivity index (χ0) is 34.4. The van der Waals surface area contributed by atoms with Gasteiger partial charge in [-0.05, 0) is 12.8 Å². The van der Waals surface area contributed by atoms with Crippen molar-refractivity contribution >= 4 is 13.7 Å². The van der Waals surface area contributed by atoms with Crippen LogP contribution in [0, 0.1) is 0 Å². The molecule has 0 rings (SSSR count). The number of rotatable bonds is 34. The van der Waals surface area contributed by atoms with Crippen molar-refractivity contribution in [3.63, 3.8) is 0 Å². The van der Waals surface area contributed by atoms with Crippen molar-refractivity contribution in [2.45, 2.75) is 180 Å². The van der Waals surface area contributed by atoms with Gasteiger partial charge in [-0.2, -0.15) is 0 Å². The maximum atomic E-state index is 12.2. The number of hydrogen-bond donors (Lipinski definition) is 3. The number of unbranched alkanes of at least 4 members (excludes halogenated alkanes) is 23. The van der Waals surface area contributed by atoms with Crippen molar-refractivity contribution < 1.29 is 32.9 Å². The summed E-state index contributed by atoms with van der Waals surface area (Å²) in [6.45, 7) is 3.89. The van der Waals surface area contributed by atoms with Crippen LogP contribution in [-0.2, 0) is 18.4 Å². The number of amides is 1. The molecule has 0 aliphatic carbocycles. The zero-order valence-electron chi connectivity index (χ0n) is 30.8. The molecule has 9 heteroatoms. The van der Waals surface area contributed by atoms with Gasteiger partial charge in [-0.15, -0.1) is 0 Å². The van der Waals surface area contributed by atoms with Crippen LogP contribution in [-0.4, -0.2) is 73.4 Å². The Bertz CT molecular complexity index is 773. The van der Waals surface area contributed by atoms with E-state index >= 15 is 0 Å². The third-order valence-electron chi connectivity index (χ3n) is 8.54. The van der Waals surface area contributed by atoms with Crippen LogP contribution >= 0.6 is 7.82 Å². The number of likely N-dealkylation sites (N-methyl/N-ethyl adjacent to an activating group) is 1. The molecule has 8 nitrogen and oxygen atoms in total. The molecule has 3 atom stereocenters. The molecule has 0 saturated heterocycles. The first-order valence-corrected chi connectivity index (χ1v) is 20.5. The first-order chi connectivity index (χ1) is 22.0. The number of phosphoric ester groups is 1.